The Kier molecular flexibility index (Phi) is 9.45. The Hall–Kier alpha value is -2.45. The van der Waals surface area contributed by atoms with Crippen molar-refractivity contribution < 1.29 is 14.3 Å². The van der Waals surface area contributed by atoms with Crippen LogP contribution in [0.4, 0.5) is 11.4 Å². The van der Waals surface area contributed by atoms with Gasteiger partial charge in [-0.2, -0.15) is 0 Å². The summed E-state index contributed by atoms with van der Waals surface area (Å²) in [6, 6.07) is 12.4. The monoisotopic (exact) mass is 505 g/mol. The van der Waals surface area contributed by atoms with E-state index in [4.69, 9.17) is 17.0 Å². The fourth-order valence-electron chi connectivity index (χ4n) is 2.47. The highest BCUT2D eigenvalue weighted by Crippen LogP contribution is 2.24. The molecule has 2 amide bonds. The van der Waals surface area contributed by atoms with Crippen molar-refractivity contribution in [2.75, 3.05) is 17.2 Å². The van der Waals surface area contributed by atoms with E-state index in [1.165, 1.54) is 0 Å². The van der Waals surface area contributed by atoms with Crippen molar-refractivity contribution in [2.24, 2.45) is 11.8 Å². The fraction of sp³-hybridized carbons (Fsp3) is 0.348. The van der Waals surface area contributed by atoms with Crippen LogP contribution in [0.5, 0.6) is 5.75 Å². The van der Waals surface area contributed by atoms with Crippen LogP contribution in [0.2, 0.25) is 0 Å². The van der Waals surface area contributed by atoms with Crippen LogP contribution in [0.15, 0.2) is 46.9 Å². The number of halogens is 1. The number of nitrogens with one attached hydrogen (secondary N) is 3. The molecule has 0 atom stereocenters. The number of ether oxygens (including phenoxy) is 1. The molecule has 6 nitrogen and oxygen atoms in total. The Morgan fingerprint density at radius 2 is 1.61 bits per heavy atom. The molecule has 0 radical (unpaired) electrons. The molecule has 0 spiro atoms. The van der Waals surface area contributed by atoms with Crippen LogP contribution >= 0.6 is 28.1 Å². The lowest BCUT2D eigenvalue weighted by Gasteiger charge is -2.14. The predicted molar refractivity (Wildman–Crippen MR) is 133 cm³/mol. The molecule has 0 aliphatic carbocycles. The quantitative estimate of drug-likeness (QED) is 0.407. The lowest BCUT2D eigenvalue weighted by Crippen LogP contribution is -2.34. The second-order valence-electron chi connectivity index (χ2n) is 7.80. The Morgan fingerprint density at radius 3 is 2.19 bits per heavy atom. The minimum atomic E-state index is -0.362. The second-order valence-corrected chi connectivity index (χ2v) is 9.12. The normalized spacial score (nSPS) is 10.7. The third-order valence-corrected chi connectivity index (χ3v) is 5.00. The van der Waals surface area contributed by atoms with Crippen LogP contribution in [-0.2, 0) is 4.79 Å². The maximum absolute atomic E-state index is 12.8. The minimum Gasteiger partial charge on any atom is -0.493 e. The lowest BCUT2D eigenvalue weighted by atomic mass is 10.1. The van der Waals surface area contributed by atoms with Gasteiger partial charge in [-0.1, -0.05) is 43.6 Å². The van der Waals surface area contributed by atoms with Crippen LogP contribution in [0.25, 0.3) is 0 Å². The average Bonchev–Trinajstić information content (AvgIpc) is 2.70. The Labute approximate surface area is 197 Å². The molecule has 0 fully saturated rings. The van der Waals surface area contributed by atoms with Gasteiger partial charge in [0, 0.05) is 21.8 Å². The van der Waals surface area contributed by atoms with Gasteiger partial charge in [-0.15, -0.1) is 0 Å². The molecule has 0 saturated carbocycles. The molecule has 0 aliphatic rings. The van der Waals surface area contributed by atoms with Crippen molar-refractivity contribution >= 4 is 56.4 Å². The van der Waals surface area contributed by atoms with E-state index in [-0.39, 0.29) is 22.8 Å². The number of benzene rings is 2. The highest BCUT2D eigenvalue weighted by atomic mass is 79.9. The van der Waals surface area contributed by atoms with Crippen LogP contribution in [0, 0.1) is 11.8 Å². The number of hydrogen-bond acceptors (Lipinski definition) is 4. The van der Waals surface area contributed by atoms with Crippen molar-refractivity contribution in [3.05, 3.63) is 52.5 Å². The number of hydrogen-bond donors (Lipinski definition) is 3. The summed E-state index contributed by atoms with van der Waals surface area (Å²) < 4.78 is 6.58. The molecule has 2 rings (SSSR count). The molecular weight excluding hydrogens is 478 g/mol. The van der Waals surface area contributed by atoms with Crippen molar-refractivity contribution in [2.45, 2.75) is 34.1 Å². The third kappa shape index (κ3) is 8.30. The zero-order valence-electron chi connectivity index (χ0n) is 18.1. The summed E-state index contributed by atoms with van der Waals surface area (Å²) in [5.41, 5.74) is 1.78. The van der Waals surface area contributed by atoms with Crippen molar-refractivity contribution in [3.8, 4) is 5.75 Å². The molecule has 8 heteroatoms. The molecule has 166 valence electrons. The van der Waals surface area contributed by atoms with Gasteiger partial charge in [-0.3, -0.25) is 14.9 Å². The van der Waals surface area contributed by atoms with Gasteiger partial charge in [0.2, 0.25) is 5.91 Å². The fourth-order valence-corrected chi connectivity index (χ4v) is 3.04. The number of carbonyl (C=O) groups excluding carboxylic acids is 2. The highest BCUT2D eigenvalue weighted by Gasteiger charge is 2.15. The summed E-state index contributed by atoms with van der Waals surface area (Å²) >= 11 is 8.68. The first-order valence-corrected chi connectivity index (χ1v) is 11.3. The van der Waals surface area contributed by atoms with Gasteiger partial charge in [0.15, 0.2) is 5.11 Å². The minimum absolute atomic E-state index is 0.0519. The molecule has 3 N–H and O–H groups in total. The molecular formula is C23H28BrN3O3S. The largest absolute Gasteiger partial charge is 0.493 e. The standard InChI is InChI=1S/C23H28BrN3O3S/c1-14(2)11-12-30-20-10-5-16(24)13-19(20)22(29)27-23(31)26-18-8-6-17(7-9-18)25-21(28)15(3)4/h5-10,13-15H,11-12H2,1-4H3,(H,25,28)(H2,26,27,29,31). The van der Waals surface area contributed by atoms with Gasteiger partial charge in [-0.25, -0.2) is 0 Å². The molecule has 2 aromatic carbocycles. The van der Waals surface area contributed by atoms with Gasteiger partial charge < -0.3 is 15.4 Å². The van der Waals surface area contributed by atoms with E-state index >= 15 is 0 Å². The third-order valence-electron chi connectivity index (χ3n) is 4.30. The first-order chi connectivity index (χ1) is 14.7. The van der Waals surface area contributed by atoms with E-state index in [0.29, 0.717) is 35.2 Å². The molecule has 0 bridgehead atoms. The van der Waals surface area contributed by atoms with Gasteiger partial charge in [0.1, 0.15) is 5.75 Å². The van der Waals surface area contributed by atoms with Gasteiger partial charge in [-0.05, 0) is 67.0 Å². The Balaban J connectivity index is 1.98. The summed E-state index contributed by atoms with van der Waals surface area (Å²) in [4.78, 5) is 24.5. The number of thiocarbonyl (C=S) groups is 1. The maximum atomic E-state index is 12.8. The molecule has 0 aliphatic heterocycles. The van der Waals surface area contributed by atoms with E-state index in [0.717, 1.165) is 10.9 Å². The average molecular weight is 506 g/mol. The smallest absolute Gasteiger partial charge is 0.261 e. The van der Waals surface area contributed by atoms with E-state index in [1.54, 1.807) is 36.4 Å². The summed E-state index contributed by atoms with van der Waals surface area (Å²) in [5, 5.41) is 8.64. The molecule has 0 heterocycles. The second kappa shape index (κ2) is 11.8. The van der Waals surface area contributed by atoms with Crippen LogP contribution in [-0.4, -0.2) is 23.5 Å². The number of amides is 2. The number of rotatable bonds is 8. The summed E-state index contributed by atoms with van der Waals surface area (Å²) in [6.45, 7) is 8.43. The predicted octanol–water partition coefficient (Wildman–Crippen LogP) is 5.60. The molecule has 0 aromatic heterocycles. The van der Waals surface area contributed by atoms with Crippen LogP contribution < -0.4 is 20.7 Å². The van der Waals surface area contributed by atoms with E-state index < -0.39 is 0 Å². The lowest BCUT2D eigenvalue weighted by molar-refractivity contribution is -0.118. The number of anilines is 2. The SMILES string of the molecule is CC(C)CCOc1ccc(Br)cc1C(=O)NC(=S)Nc1ccc(NC(=O)C(C)C)cc1. The Bertz CT molecular complexity index is 930. The zero-order valence-corrected chi connectivity index (χ0v) is 20.5. The topological polar surface area (TPSA) is 79.5 Å². The molecule has 0 saturated heterocycles. The Morgan fingerprint density at radius 1 is 1.00 bits per heavy atom. The summed E-state index contributed by atoms with van der Waals surface area (Å²) in [6.07, 6.45) is 0.894. The van der Waals surface area contributed by atoms with Gasteiger partial charge in [0.05, 0.1) is 12.2 Å². The first kappa shape index (κ1) is 24.8. The molecule has 2 aromatic rings. The van der Waals surface area contributed by atoms with Crippen molar-refractivity contribution in [1.82, 2.24) is 5.32 Å². The summed E-state index contributed by atoms with van der Waals surface area (Å²) in [7, 11) is 0. The summed E-state index contributed by atoms with van der Waals surface area (Å²) in [5.74, 6) is 0.505. The molecule has 0 unspecified atom stereocenters. The highest BCUT2D eigenvalue weighted by molar-refractivity contribution is 9.10. The number of carbonyl (C=O) groups is 2. The first-order valence-electron chi connectivity index (χ1n) is 10.1. The molecule has 31 heavy (non-hydrogen) atoms. The van der Waals surface area contributed by atoms with Crippen LogP contribution in [0.1, 0.15) is 44.5 Å². The van der Waals surface area contributed by atoms with E-state index in [2.05, 4.69) is 45.7 Å². The maximum Gasteiger partial charge on any atom is 0.261 e. The van der Waals surface area contributed by atoms with Crippen molar-refractivity contribution in [3.63, 3.8) is 0 Å². The van der Waals surface area contributed by atoms with Gasteiger partial charge in [0.25, 0.3) is 5.91 Å². The van der Waals surface area contributed by atoms with Crippen LogP contribution in [0.3, 0.4) is 0 Å². The van der Waals surface area contributed by atoms with E-state index in [9.17, 15) is 9.59 Å². The van der Waals surface area contributed by atoms with Gasteiger partial charge >= 0.3 is 0 Å². The van der Waals surface area contributed by atoms with E-state index in [1.807, 2.05) is 19.9 Å². The van der Waals surface area contributed by atoms with Crippen molar-refractivity contribution in [1.29, 1.82) is 0 Å². The zero-order chi connectivity index (χ0) is 23.0.